The highest BCUT2D eigenvalue weighted by Crippen LogP contribution is 2.26. The molecule has 0 aliphatic carbocycles. The molecule has 10 heteroatoms. The van der Waals surface area contributed by atoms with Crippen LogP contribution in [-0.2, 0) is 32.8 Å². The predicted octanol–water partition coefficient (Wildman–Crippen LogP) is 3.96. The van der Waals surface area contributed by atoms with Gasteiger partial charge in [0.1, 0.15) is 12.6 Å². The van der Waals surface area contributed by atoms with Gasteiger partial charge in [-0.25, -0.2) is 4.31 Å². The molecule has 0 aliphatic heterocycles. The second-order valence-corrected chi connectivity index (χ2v) is 12.1. The van der Waals surface area contributed by atoms with Gasteiger partial charge in [0, 0.05) is 39.1 Å². The Morgan fingerprint density at radius 3 is 2.15 bits per heavy atom. The molecule has 1 atom stereocenters. The van der Waals surface area contributed by atoms with E-state index in [0.717, 1.165) is 25.3 Å². The third-order valence-corrected chi connectivity index (χ3v) is 8.49. The Hall–Kier alpha value is -3.40. The van der Waals surface area contributed by atoms with Crippen molar-refractivity contribution in [1.82, 2.24) is 14.5 Å². The average Bonchev–Trinajstić information content (AvgIpc) is 2.91. The van der Waals surface area contributed by atoms with Crippen LogP contribution in [0.15, 0.2) is 72.8 Å². The second kappa shape index (κ2) is 13.1. The minimum Gasteiger partial charge on any atom is -0.357 e. The van der Waals surface area contributed by atoms with Gasteiger partial charge in [-0.1, -0.05) is 66.2 Å². The molecule has 0 saturated carbocycles. The normalized spacial score (nSPS) is 12.2. The Balaban J connectivity index is 2.09. The van der Waals surface area contributed by atoms with Crippen LogP contribution in [0.4, 0.5) is 5.69 Å². The van der Waals surface area contributed by atoms with Crippen LogP contribution in [-0.4, -0.2) is 63.2 Å². The summed E-state index contributed by atoms with van der Waals surface area (Å²) in [7, 11) is 0.316. The fraction of sp³-hybridized carbons (Fsp3) is 0.310. The van der Waals surface area contributed by atoms with Crippen molar-refractivity contribution in [3.05, 3.63) is 100 Å². The van der Waals surface area contributed by atoms with Crippen LogP contribution in [0, 0.1) is 13.8 Å². The van der Waals surface area contributed by atoms with Gasteiger partial charge in [0.15, 0.2) is 0 Å². The molecule has 3 aromatic carbocycles. The van der Waals surface area contributed by atoms with Crippen LogP contribution in [0.5, 0.6) is 0 Å². The molecule has 0 saturated heterocycles. The number of nitrogens with zero attached hydrogens (tertiary/aromatic N) is 3. The first kappa shape index (κ1) is 30.1. The van der Waals surface area contributed by atoms with Crippen molar-refractivity contribution in [2.24, 2.45) is 0 Å². The zero-order valence-electron chi connectivity index (χ0n) is 22.9. The number of hydrogen-bond donors (Lipinski definition) is 1. The lowest BCUT2D eigenvalue weighted by atomic mass is 10.0. The summed E-state index contributed by atoms with van der Waals surface area (Å²) in [5.41, 5.74) is 3.58. The van der Waals surface area contributed by atoms with E-state index in [4.69, 9.17) is 11.6 Å². The Kier molecular flexibility index (Phi) is 10.1. The molecule has 3 aromatic rings. The molecule has 0 bridgehead atoms. The Morgan fingerprint density at radius 1 is 0.923 bits per heavy atom. The second-order valence-electron chi connectivity index (χ2n) is 9.55. The van der Waals surface area contributed by atoms with E-state index in [1.165, 1.54) is 26.0 Å². The minimum absolute atomic E-state index is 0.0869. The number of anilines is 1. The van der Waals surface area contributed by atoms with Crippen LogP contribution in [0.3, 0.4) is 0 Å². The van der Waals surface area contributed by atoms with Crippen LogP contribution in [0.2, 0.25) is 5.02 Å². The maximum Gasteiger partial charge on any atom is 0.304 e. The van der Waals surface area contributed by atoms with E-state index >= 15 is 0 Å². The summed E-state index contributed by atoms with van der Waals surface area (Å²) in [6, 6.07) is 20.9. The molecular formula is C29H35ClN4O4S. The number of aryl methyl sites for hydroxylation is 2. The molecule has 3 rings (SSSR count). The molecule has 2 amide bonds. The lowest BCUT2D eigenvalue weighted by molar-refractivity contribution is -0.139. The van der Waals surface area contributed by atoms with Gasteiger partial charge in [-0.2, -0.15) is 12.7 Å². The van der Waals surface area contributed by atoms with Gasteiger partial charge in [0.2, 0.25) is 11.8 Å². The van der Waals surface area contributed by atoms with Gasteiger partial charge in [-0.05, 0) is 54.3 Å². The van der Waals surface area contributed by atoms with E-state index in [9.17, 15) is 18.0 Å². The van der Waals surface area contributed by atoms with Gasteiger partial charge >= 0.3 is 10.2 Å². The van der Waals surface area contributed by atoms with Gasteiger partial charge in [0.25, 0.3) is 0 Å². The molecule has 0 fully saturated rings. The number of hydrogen-bond acceptors (Lipinski definition) is 4. The molecule has 0 spiro atoms. The van der Waals surface area contributed by atoms with E-state index in [1.54, 1.807) is 37.3 Å². The molecule has 0 radical (unpaired) electrons. The van der Waals surface area contributed by atoms with Gasteiger partial charge in [-0.3, -0.25) is 9.59 Å². The maximum atomic E-state index is 14.1. The molecule has 1 N–H and O–H groups in total. The molecule has 8 nitrogen and oxygen atoms in total. The van der Waals surface area contributed by atoms with Crippen LogP contribution >= 0.6 is 11.6 Å². The van der Waals surface area contributed by atoms with E-state index < -0.39 is 28.7 Å². The zero-order valence-corrected chi connectivity index (χ0v) is 24.5. The number of carbonyl (C=O) groups is 2. The number of benzene rings is 3. The molecule has 0 aliphatic rings. The topological polar surface area (TPSA) is 90.0 Å². The molecule has 0 aromatic heterocycles. The van der Waals surface area contributed by atoms with Gasteiger partial charge < -0.3 is 10.2 Å². The van der Waals surface area contributed by atoms with Crippen molar-refractivity contribution in [2.75, 3.05) is 32.0 Å². The summed E-state index contributed by atoms with van der Waals surface area (Å²) in [6.07, 6.45) is 0.254. The first-order valence-electron chi connectivity index (χ1n) is 12.5. The van der Waals surface area contributed by atoms with E-state index in [-0.39, 0.29) is 18.9 Å². The summed E-state index contributed by atoms with van der Waals surface area (Å²) in [6.45, 7) is 3.26. The van der Waals surface area contributed by atoms with Gasteiger partial charge in [0.05, 0.1) is 5.69 Å². The average molecular weight is 571 g/mol. The Morgan fingerprint density at radius 2 is 1.56 bits per heavy atom. The summed E-state index contributed by atoms with van der Waals surface area (Å²) in [5, 5.41) is 3.22. The number of rotatable bonds is 11. The Labute approximate surface area is 236 Å². The lowest BCUT2D eigenvalue weighted by Gasteiger charge is -2.34. The van der Waals surface area contributed by atoms with Gasteiger partial charge in [-0.15, -0.1) is 0 Å². The maximum absolute atomic E-state index is 14.1. The molecule has 1 unspecified atom stereocenters. The van der Waals surface area contributed by atoms with Crippen LogP contribution in [0.25, 0.3) is 0 Å². The highest BCUT2D eigenvalue weighted by atomic mass is 35.5. The van der Waals surface area contributed by atoms with Crippen molar-refractivity contribution in [1.29, 1.82) is 0 Å². The monoisotopic (exact) mass is 570 g/mol. The van der Waals surface area contributed by atoms with E-state index in [1.807, 2.05) is 49.4 Å². The Bertz CT molecular complexity index is 1400. The first-order chi connectivity index (χ1) is 18.4. The summed E-state index contributed by atoms with van der Waals surface area (Å²) < 4.78 is 29.2. The summed E-state index contributed by atoms with van der Waals surface area (Å²) in [4.78, 5) is 28.8. The zero-order chi connectivity index (χ0) is 28.7. The molecule has 39 heavy (non-hydrogen) atoms. The highest BCUT2D eigenvalue weighted by Gasteiger charge is 2.34. The molecule has 0 heterocycles. The predicted molar refractivity (Wildman–Crippen MR) is 156 cm³/mol. The number of nitrogens with one attached hydrogen (secondary N) is 1. The van der Waals surface area contributed by atoms with Crippen molar-refractivity contribution in [3.63, 3.8) is 0 Å². The lowest BCUT2D eigenvalue weighted by Crippen LogP contribution is -2.54. The largest absolute Gasteiger partial charge is 0.357 e. The standard InChI is InChI=1S/C29H35ClN4O4S/c1-21-11-12-22(2)26(17-21)34(39(37,38)32(4)5)20-28(35)33(19-24-13-15-25(30)16-14-24)27(29(36)31-3)18-23-9-7-6-8-10-23/h6-17,27H,18-20H2,1-5H3,(H,31,36). The summed E-state index contributed by atoms with van der Waals surface area (Å²) in [5.74, 6) is -0.865. The van der Waals surface area contributed by atoms with E-state index in [2.05, 4.69) is 5.32 Å². The van der Waals surface area contributed by atoms with Crippen LogP contribution < -0.4 is 9.62 Å². The van der Waals surface area contributed by atoms with Crippen molar-refractivity contribution in [3.8, 4) is 0 Å². The molecule has 208 valence electrons. The van der Waals surface area contributed by atoms with Crippen molar-refractivity contribution in [2.45, 2.75) is 32.9 Å². The number of carbonyl (C=O) groups excluding carboxylic acids is 2. The first-order valence-corrected chi connectivity index (χ1v) is 14.3. The highest BCUT2D eigenvalue weighted by molar-refractivity contribution is 7.90. The fourth-order valence-corrected chi connectivity index (χ4v) is 5.44. The minimum atomic E-state index is -4.05. The number of likely N-dealkylation sites (N-methyl/N-ethyl adjacent to an activating group) is 1. The third kappa shape index (κ3) is 7.59. The van der Waals surface area contributed by atoms with Crippen LogP contribution in [0.1, 0.15) is 22.3 Å². The SMILES string of the molecule is CNC(=O)C(Cc1ccccc1)N(Cc1ccc(Cl)cc1)C(=O)CN(c1cc(C)ccc1C)S(=O)(=O)N(C)C. The molecular weight excluding hydrogens is 536 g/mol. The number of amides is 2. The van der Waals surface area contributed by atoms with Crippen molar-refractivity contribution < 1.29 is 18.0 Å². The summed E-state index contributed by atoms with van der Waals surface area (Å²) >= 11 is 6.07. The fourth-order valence-electron chi connectivity index (χ4n) is 4.20. The smallest absolute Gasteiger partial charge is 0.304 e. The third-order valence-electron chi connectivity index (χ3n) is 6.44. The van der Waals surface area contributed by atoms with E-state index in [0.29, 0.717) is 16.3 Å². The quantitative estimate of drug-likeness (QED) is 0.378. The van der Waals surface area contributed by atoms with Crippen molar-refractivity contribution >= 4 is 39.3 Å². The number of halogens is 1.